The number of anilines is 1. The van der Waals surface area contributed by atoms with Crippen LogP contribution in [-0.2, 0) is 0 Å². The first-order chi connectivity index (χ1) is 10.1. The molecule has 1 unspecified atom stereocenters. The number of rotatable bonds is 2. The number of likely N-dealkylation sites (tertiary alicyclic amines) is 1. The average Bonchev–Trinajstić information content (AvgIpc) is 2.66. The van der Waals surface area contributed by atoms with Crippen LogP contribution < -0.4 is 5.73 Å². The third-order valence-corrected chi connectivity index (χ3v) is 4.58. The first kappa shape index (κ1) is 14.1. The number of nitrogens with two attached hydrogens (primary N) is 1. The van der Waals surface area contributed by atoms with E-state index in [1.54, 1.807) is 18.2 Å². The molecule has 2 aliphatic rings. The summed E-state index contributed by atoms with van der Waals surface area (Å²) >= 11 is 0. The molecular formula is C16H21N3O2. The number of fused-ring (bicyclic) bond motifs is 1. The van der Waals surface area contributed by atoms with Gasteiger partial charge in [0.1, 0.15) is 0 Å². The van der Waals surface area contributed by atoms with Crippen LogP contribution >= 0.6 is 0 Å². The first-order valence-corrected chi connectivity index (χ1v) is 7.62. The van der Waals surface area contributed by atoms with Gasteiger partial charge in [-0.3, -0.25) is 14.5 Å². The second-order valence-electron chi connectivity index (χ2n) is 5.77. The molecule has 1 saturated heterocycles. The quantitative estimate of drug-likeness (QED) is 0.664. The van der Waals surface area contributed by atoms with Crippen molar-refractivity contribution < 1.29 is 9.59 Å². The zero-order chi connectivity index (χ0) is 15.0. The maximum Gasteiger partial charge on any atom is 0.263 e. The fourth-order valence-electron chi connectivity index (χ4n) is 3.37. The summed E-state index contributed by atoms with van der Waals surface area (Å²) in [4.78, 5) is 29.0. The fraction of sp³-hybridized carbons (Fsp3) is 0.500. The van der Waals surface area contributed by atoms with Crippen LogP contribution in [0.2, 0.25) is 0 Å². The van der Waals surface area contributed by atoms with Crippen molar-refractivity contribution in [2.24, 2.45) is 0 Å². The van der Waals surface area contributed by atoms with E-state index in [0.29, 0.717) is 16.8 Å². The van der Waals surface area contributed by atoms with Gasteiger partial charge < -0.3 is 10.6 Å². The van der Waals surface area contributed by atoms with Crippen LogP contribution in [0.1, 0.15) is 46.9 Å². The summed E-state index contributed by atoms with van der Waals surface area (Å²) in [5.41, 5.74) is 7.13. The van der Waals surface area contributed by atoms with Gasteiger partial charge in [0, 0.05) is 18.3 Å². The van der Waals surface area contributed by atoms with Gasteiger partial charge in [-0.15, -0.1) is 0 Å². The van der Waals surface area contributed by atoms with E-state index in [2.05, 4.69) is 11.8 Å². The van der Waals surface area contributed by atoms with Crippen molar-refractivity contribution in [2.75, 3.05) is 25.4 Å². The van der Waals surface area contributed by atoms with Gasteiger partial charge in [0.05, 0.1) is 11.1 Å². The summed E-state index contributed by atoms with van der Waals surface area (Å²) in [5, 5.41) is 0. The van der Waals surface area contributed by atoms with Crippen LogP contribution in [0.5, 0.6) is 0 Å². The minimum atomic E-state index is -0.219. The number of hydrogen-bond donors (Lipinski definition) is 1. The number of carbonyl (C=O) groups is 2. The predicted molar refractivity (Wildman–Crippen MR) is 81.1 cm³/mol. The third-order valence-electron chi connectivity index (χ3n) is 4.58. The van der Waals surface area contributed by atoms with Crippen molar-refractivity contribution >= 4 is 17.5 Å². The van der Waals surface area contributed by atoms with E-state index in [0.717, 1.165) is 38.9 Å². The minimum Gasteiger partial charge on any atom is -0.398 e. The van der Waals surface area contributed by atoms with Crippen molar-refractivity contribution in [1.82, 2.24) is 9.80 Å². The molecule has 3 rings (SSSR count). The Labute approximate surface area is 124 Å². The summed E-state index contributed by atoms with van der Waals surface area (Å²) in [5.74, 6) is -0.403. The van der Waals surface area contributed by atoms with Gasteiger partial charge in [0.25, 0.3) is 11.8 Å². The number of benzene rings is 1. The van der Waals surface area contributed by atoms with Crippen LogP contribution in [-0.4, -0.2) is 47.3 Å². The minimum absolute atomic E-state index is 0.00616. The Kier molecular flexibility index (Phi) is 3.68. The second kappa shape index (κ2) is 5.48. The molecule has 5 nitrogen and oxygen atoms in total. The first-order valence-electron chi connectivity index (χ1n) is 7.62. The Hall–Kier alpha value is -1.88. The zero-order valence-corrected chi connectivity index (χ0v) is 12.3. The Bertz CT molecular complexity index is 585. The molecule has 112 valence electrons. The zero-order valence-electron chi connectivity index (χ0n) is 12.3. The number of hydrogen-bond acceptors (Lipinski definition) is 4. The van der Waals surface area contributed by atoms with E-state index in [-0.39, 0.29) is 17.9 Å². The van der Waals surface area contributed by atoms with Crippen LogP contribution in [0.15, 0.2) is 18.2 Å². The van der Waals surface area contributed by atoms with Crippen molar-refractivity contribution in [3.05, 3.63) is 29.3 Å². The van der Waals surface area contributed by atoms with Gasteiger partial charge in [0.2, 0.25) is 0 Å². The normalized spacial score (nSPS) is 23.3. The molecule has 0 aromatic heterocycles. The summed E-state index contributed by atoms with van der Waals surface area (Å²) in [6, 6.07) is 5.10. The summed E-state index contributed by atoms with van der Waals surface area (Å²) in [6.45, 7) is 5.13. The Morgan fingerprint density at radius 1 is 1.19 bits per heavy atom. The van der Waals surface area contributed by atoms with Crippen LogP contribution in [0.3, 0.4) is 0 Å². The number of carbonyl (C=O) groups excluding carboxylic acids is 2. The lowest BCUT2D eigenvalue weighted by molar-refractivity contribution is 0.0570. The van der Waals surface area contributed by atoms with Gasteiger partial charge in [-0.2, -0.15) is 0 Å². The molecule has 21 heavy (non-hydrogen) atoms. The Balaban J connectivity index is 1.86. The van der Waals surface area contributed by atoms with E-state index in [1.807, 2.05) is 0 Å². The standard InChI is InChI=1S/C16H21N3O2/c1-2-18-9-4-5-11(8-10-18)19-15(20)12-6-3-7-13(17)14(12)16(19)21/h3,6-7,11H,2,4-5,8-10,17H2,1H3. The topological polar surface area (TPSA) is 66.6 Å². The maximum atomic E-state index is 12.6. The van der Waals surface area contributed by atoms with Crippen molar-refractivity contribution in [3.63, 3.8) is 0 Å². The Morgan fingerprint density at radius 2 is 2.00 bits per heavy atom. The van der Waals surface area contributed by atoms with Gasteiger partial charge in [0.15, 0.2) is 0 Å². The summed E-state index contributed by atoms with van der Waals surface area (Å²) in [7, 11) is 0. The molecule has 2 heterocycles. The van der Waals surface area contributed by atoms with E-state index in [1.165, 1.54) is 4.90 Å². The lowest BCUT2D eigenvalue weighted by atomic mass is 10.1. The van der Waals surface area contributed by atoms with Crippen molar-refractivity contribution in [1.29, 1.82) is 0 Å². The molecule has 2 aliphatic heterocycles. The number of amides is 2. The Morgan fingerprint density at radius 3 is 2.71 bits per heavy atom. The van der Waals surface area contributed by atoms with Crippen molar-refractivity contribution in [2.45, 2.75) is 32.2 Å². The number of imide groups is 1. The highest BCUT2D eigenvalue weighted by molar-refractivity contribution is 6.23. The maximum absolute atomic E-state index is 12.6. The van der Waals surface area contributed by atoms with Crippen LogP contribution in [0.25, 0.3) is 0 Å². The van der Waals surface area contributed by atoms with E-state index < -0.39 is 0 Å². The molecule has 0 aliphatic carbocycles. The fourth-order valence-corrected chi connectivity index (χ4v) is 3.37. The molecule has 0 saturated carbocycles. The number of nitrogen functional groups attached to an aromatic ring is 1. The lowest BCUT2D eigenvalue weighted by Gasteiger charge is -2.25. The van der Waals surface area contributed by atoms with Crippen LogP contribution in [0, 0.1) is 0 Å². The highest BCUT2D eigenvalue weighted by atomic mass is 16.2. The predicted octanol–water partition coefficient (Wildman–Crippen LogP) is 1.74. The molecule has 2 N–H and O–H groups in total. The molecule has 0 spiro atoms. The lowest BCUT2D eigenvalue weighted by Crippen LogP contribution is -2.40. The molecule has 5 heteroatoms. The molecule has 1 atom stereocenters. The molecule has 1 fully saturated rings. The number of nitrogens with zero attached hydrogens (tertiary/aromatic N) is 2. The smallest absolute Gasteiger partial charge is 0.263 e. The van der Waals surface area contributed by atoms with E-state index >= 15 is 0 Å². The molecule has 0 bridgehead atoms. The SMILES string of the molecule is CCN1CCCC(N2C(=O)c3cccc(N)c3C2=O)CC1. The molecule has 0 radical (unpaired) electrons. The molecular weight excluding hydrogens is 266 g/mol. The third kappa shape index (κ3) is 2.31. The highest BCUT2D eigenvalue weighted by Crippen LogP contribution is 2.31. The second-order valence-corrected chi connectivity index (χ2v) is 5.77. The molecule has 1 aromatic rings. The van der Waals surface area contributed by atoms with Crippen molar-refractivity contribution in [3.8, 4) is 0 Å². The largest absolute Gasteiger partial charge is 0.398 e. The molecule has 1 aromatic carbocycles. The van der Waals surface area contributed by atoms with E-state index in [9.17, 15) is 9.59 Å². The molecule has 2 amide bonds. The van der Waals surface area contributed by atoms with Crippen LogP contribution in [0.4, 0.5) is 5.69 Å². The summed E-state index contributed by atoms with van der Waals surface area (Å²) < 4.78 is 0. The van der Waals surface area contributed by atoms with Gasteiger partial charge in [-0.05, 0) is 44.5 Å². The highest BCUT2D eigenvalue weighted by Gasteiger charge is 2.41. The monoisotopic (exact) mass is 287 g/mol. The van der Waals surface area contributed by atoms with Gasteiger partial charge in [-0.1, -0.05) is 13.0 Å². The van der Waals surface area contributed by atoms with E-state index in [4.69, 9.17) is 5.73 Å². The summed E-state index contributed by atoms with van der Waals surface area (Å²) in [6.07, 6.45) is 2.74. The van der Waals surface area contributed by atoms with Gasteiger partial charge in [-0.25, -0.2) is 0 Å². The van der Waals surface area contributed by atoms with Gasteiger partial charge >= 0.3 is 0 Å². The average molecular weight is 287 g/mol.